The van der Waals surface area contributed by atoms with Crippen molar-refractivity contribution in [3.8, 4) is 11.5 Å². The monoisotopic (exact) mass is 300 g/mol. The first kappa shape index (κ1) is 13.6. The summed E-state index contributed by atoms with van der Waals surface area (Å²) < 4.78 is 18.6. The smallest absolute Gasteiger partial charge is 0.339 e. The van der Waals surface area contributed by atoms with Crippen LogP contribution in [0.25, 0.3) is 0 Å². The van der Waals surface area contributed by atoms with Gasteiger partial charge >= 0.3 is 5.97 Å². The van der Waals surface area contributed by atoms with Gasteiger partial charge in [-0.15, -0.1) is 0 Å². The third-order valence-electron chi connectivity index (χ3n) is 2.29. The Kier molecular flexibility index (Phi) is 3.93. The van der Waals surface area contributed by atoms with Gasteiger partial charge in [0.2, 0.25) is 0 Å². The van der Waals surface area contributed by atoms with Gasteiger partial charge in [-0.2, -0.15) is 0 Å². The second-order valence-corrected chi connectivity index (χ2v) is 4.47. The maximum atomic E-state index is 13.3. The van der Waals surface area contributed by atoms with Gasteiger partial charge in [-0.25, -0.2) is 9.18 Å². The molecule has 0 fully saturated rings. The molecule has 0 heterocycles. The molecule has 2 aromatic carbocycles. The van der Waals surface area contributed by atoms with Gasteiger partial charge < -0.3 is 9.84 Å². The molecule has 0 aliphatic carbocycles. The van der Waals surface area contributed by atoms with Crippen molar-refractivity contribution in [3.63, 3.8) is 0 Å². The van der Waals surface area contributed by atoms with E-state index in [1.54, 1.807) is 0 Å². The Balaban J connectivity index is 2.39. The van der Waals surface area contributed by atoms with Gasteiger partial charge in [-0.05, 0) is 24.3 Å². The van der Waals surface area contributed by atoms with Crippen LogP contribution in [0, 0.1) is 5.82 Å². The largest absolute Gasteiger partial charge is 0.478 e. The van der Waals surface area contributed by atoms with Crippen molar-refractivity contribution in [1.82, 2.24) is 0 Å². The van der Waals surface area contributed by atoms with E-state index in [1.807, 2.05) is 0 Å². The first-order chi connectivity index (χ1) is 8.97. The fraction of sp³-hybridized carbons (Fsp3) is 0. The van der Waals surface area contributed by atoms with E-state index in [0.717, 1.165) is 6.07 Å². The minimum absolute atomic E-state index is 0.0294. The Bertz CT molecular complexity index is 644. The number of ether oxygens (including phenoxy) is 1. The van der Waals surface area contributed by atoms with E-state index in [9.17, 15) is 9.18 Å². The van der Waals surface area contributed by atoms with E-state index < -0.39 is 11.8 Å². The second-order valence-electron chi connectivity index (χ2n) is 3.62. The van der Waals surface area contributed by atoms with Crippen LogP contribution in [0.4, 0.5) is 4.39 Å². The first-order valence-corrected chi connectivity index (χ1v) is 5.88. The van der Waals surface area contributed by atoms with Crippen molar-refractivity contribution in [2.75, 3.05) is 0 Å². The zero-order valence-electron chi connectivity index (χ0n) is 9.36. The third kappa shape index (κ3) is 3.16. The molecule has 1 N–H and O–H groups in total. The second kappa shape index (κ2) is 5.47. The highest BCUT2D eigenvalue weighted by Gasteiger charge is 2.13. The molecule has 0 bridgehead atoms. The van der Waals surface area contributed by atoms with Crippen LogP contribution in [0.15, 0.2) is 36.4 Å². The zero-order chi connectivity index (χ0) is 14.0. The first-order valence-electron chi connectivity index (χ1n) is 5.13. The number of hydrogen-bond acceptors (Lipinski definition) is 2. The zero-order valence-corrected chi connectivity index (χ0v) is 10.9. The maximum Gasteiger partial charge on any atom is 0.339 e. The predicted octanol–water partition coefficient (Wildman–Crippen LogP) is 4.62. The average molecular weight is 301 g/mol. The molecule has 2 rings (SSSR count). The molecular formula is C13H7Cl2FO3. The molecule has 0 radical (unpaired) electrons. The van der Waals surface area contributed by atoms with E-state index in [2.05, 4.69) is 0 Å². The topological polar surface area (TPSA) is 46.5 Å². The van der Waals surface area contributed by atoms with E-state index in [-0.39, 0.29) is 22.1 Å². The van der Waals surface area contributed by atoms with Gasteiger partial charge in [0.1, 0.15) is 22.9 Å². The van der Waals surface area contributed by atoms with Crippen molar-refractivity contribution >= 4 is 29.2 Å². The number of halogens is 3. The van der Waals surface area contributed by atoms with Crippen LogP contribution in [0.2, 0.25) is 10.0 Å². The Labute approximate surface area is 118 Å². The summed E-state index contributed by atoms with van der Waals surface area (Å²) in [4.78, 5) is 11.0. The van der Waals surface area contributed by atoms with Gasteiger partial charge in [0.25, 0.3) is 0 Å². The van der Waals surface area contributed by atoms with Crippen LogP contribution in [-0.4, -0.2) is 11.1 Å². The Morgan fingerprint density at radius 2 is 1.89 bits per heavy atom. The molecule has 0 amide bonds. The van der Waals surface area contributed by atoms with Crippen LogP contribution in [-0.2, 0) is 0 Å². The molecule has 0 aliphatic heterocycles. The molecule has 2 aromatic rings. The molecule has 19 heavy (non-hydrogen) atoms. The Hall–Kier alpha value is -1.78. The van der Waals surface area contributed by atoms with Crippen LogP contribution >= 0.6 is 23.2 Å². The number of carboxylic acids is 1. The summed E-state index contributed by atoms with van der Waals surface area (Å²) in [6.45, 7) is 0. The van der Waals surface area contributed by atoms with E-state index >= 15 is 0 Å². The molecule has 0 unspecified atom stereocenters. The van der Waals surface area contributed by atoms with Gasteiger partial charge in [-0.3, -0.25) is 0 Å². The molecular weight excluding hydrogens is 294 g/mol. The summed E-state index contributed by atoms with van der Waals surface area (Å²) in [5, 5.41) is 9.28. The van der Waals surface area contributed by atoms with Crippen LogP contribution in [0.5, 0.6) is 11.5 Å². The highest BCUT2D eigenvalue weighted by atomic mass is 35.5. The van der Waals surface area contributed by atoms with Crippen LogP contribution in [0.3, 0.4) is 0 Å². The molecule has 0 aromatic heterocycles. The van der Waals surface area contributed by atoms with E-state index in [4.69, 9.17) is 33.0 Å². The van der Waals surface area contributed by atoms with Crippen LogP contribution in [0.1, 0.15) is 10.4 Å². The fourth-order valence-electron chi connectivity index (χ4n) is 1.42. The summed E-state index contributed by atoms with van der Waals surface area (Å²) in [5.41, 5.74) is -0.0697. The Morgan fingerprint density at radius 3 is 2.53 bits per heavy atom. The molecule has 98 valence electrons. The van der Waals surface area contributed by atoms with Crippen molar-refractivity contribution in [2.45, 2.75) is 0 Å². The summed E-state index contributed by atoms with van der Waals surface area (Å²) in [7, 11) is 0. The summed E-state index contributed by atoms with van der Waals surface area (Å²) in [5.74, 6) is -1.66. The normalized spacial score (nSPS) is 10.3. The molecule has 0 atom stereocenters. The minimum Gasteiger partial charge on any atom is -0.478 e. The number of carbonyl (C=O) groups is 1. The molecule has 0 aliphatic rings. The Morgan fingerprint density at radius 1 is 1.16 bits per heavy atom. The predicted molar refractivity (Wildman–Crippen MR) is 69.9 cm³/mol. The number of aromatic carboxylic acids is 1. The lowest BCUT2D eigenvalue weighted by molar-refractivity contribution is 0.0694. The van der Waals surface area contributed by atoms with Gasteiger partial charge in [0, 0.05) is 17.2 Å². The third-order valence-corrected chi connectivity index (χ3v) is 2.83. The number of carboxylic acid groups (broad SMARTS) is 1. The lowest BCUT2D eigenvalue weighted by atomic mass is 10.2. The van der Waals surface area contributed by atoms with Crippen molar-refractivity contribution in [2.24, 2.45) is 0 Å². The van der Waals surface area contributed by atoms with Gasteiger partial charge in [0.05, 0.1) is 5.02 Å². The lowest BCUT2D eigenvalue weighted by Gasteiger charge is -2.09. The van der Waals surface area contributed by atoms with Crippen LogP contribution < -0.4 is 4.74 Å². The highest BCUT2D eigenvalue weighted by molar-refractivity contribution is 6.31. The van der Waals surface area contributed by atoms with Gasteiger partial charge in [0.15, 0.2) is 0 Å². The number of benzene rings is 2. The SMILES string of the molecule is O=C(O)c1ccc(Cl)cc1Oc1ccc(Cl)c(F)c1. The molecule has 3 nitrogen and oxygen atoms in total. The standard InChI is InChI=1S/C13H7Cl2FO3/c14-7-1-3-9(13(17)18)12(5-7)19-8-2-4-10(15)11(16)6-8/h1-6H,(H,17,18). The van der Waals surface area contributed by atoms with Crippen molar-refractivity contribution < 1.29 is 19.0 Å². The van der Waals surface area contributed by atoms with Crippen molar-refractivity contribution in [3.05, 3.63) is 57.8 Å². The lowest BCUT2D eigenvalue weighted by Crippen LogP contribution is -2.00. The van der Waals surface area contributed by atoms with Gasteiger partial charge in [-0.1, -0.05) is 23.2 Å². The number of hydrogen-bond donors (Lipinski definition) is 1. The maximum absolute atomic E-state index is 13.3. The summed E-state index contributed by atoms with van der Waals surface area (Å²) >= 11 is 11.3. The van der Waals surface area contributed by atoms with Crippen molar-refractivity contribution in [1.29, 1.82) is 0 Å². The summed E-state index contributed by atoms with van der Waals surface area (Å²) in [6.07, 6.45) is 0. The van der Waals surface area contributed by atoms with E-state index in [1.165, 1.54) is 30.3 Å². The molecule has 0 saturated carbocycles. The van der Waals surface area contributed by atoms with E-state index in [0.29, 0.717) is 5.02 Å². The summed E-state index contributed by atoms with van der Waals surface area (Å²) in [6, 6.07) is 7.90. The molecule has 0 spiro atoms. The quantitative estimate of drug-likeness (QED) is 0.899. The number of rotatable bonds is 3. The molecule has 0 saturated heterocycles. The fourth-order valence-corrected chi connectivity index (χ4v) is 1.70. The molecule has 6 heteroatoms. The minimum atomic E-state index is -1.17. The highest BCUT2D eigenvalue weighted by Crippen LogP contribution is 2.30. The average Bonchev–Trinajstić information content (AvgIpc) is 2.33.